The molecule has 0 amide bonds. The summed E-state index contributed by atoms with van der Waals surface area (Å²) in [4.78, 5) is 13.5. The van der Waals surface area contributed by atoms with Gasteiger partial charge >= 0.3 is 0 Å². The summed E-state index contributed by atoms with van der Waals surface area (Å²) in [5, 5.41) is 20.1. The highest BCUT2D eigenvalue weighted by atomic mass is 16.3. The second-order valence-corrected chi connectivity index (χ2v) is 5.09. The lowest BCUT2D eigenvalue weighted by Gasteiger charge is -2.16. The third-order valence-electron chi connectivity index (χ3n) is 3.66. The van der Waals surface area contributed by atoms with Gasteiger partial charge in [0.15, 0.2) is 0 Å². The van der Waals surface area contributed by atoms with Crippen molar-refractivity contribution in [3.63, 3.8) is 0 Å². The number of hydrogen-bond acceptors (Lipinski definition) is 4. The normalized spacial score (nSPS) is 14.4. The van der Waals surface area contributed by atoms with Crippen LogP contribution in [0.15, 0.2) is 30.3 Å². The van der Waals surface area contributed by atoms with Crippen molar-refractivity contribution < 1.29 is 15.0 Å². The molecule has 20 heavy (non-hydrogen) atoms. The second-order valence-electron chi connectivity index (χ2n) is 5.09. The Kier molecular flexibility index (Phi) is 2.99. The maximum absolute atomic E-state index is 11.4. The monoisotopic (exact) mass is 272 g/mol. The lowest BCUT2D eigenvalue weighted by molar-refractivity contribution is 0.0916. The molecule has 2 aromatic rings. The molecule has 1 aliphatic heterocycles. The van der Waals surface area contributed by atoms with Crippen LogP contribution in [0.25, 0.3) is 0 Å². The van der Waals surface area contributed by atoms with Gasteiger partial charge in [0.2, 0.25) is 17.7 Å². The number of nitrogens with zero attached hydrogens (tertiary/aromatic N) is 2. The molecular weight excluding hydrogens is 256 g/mol. The van der Waals surface area contributed by atoms with Gasteiger partial charge in [-0.3, -0.25) is 9.69 Å². The summed E-state index contributed by atoms with van der Waals surface area (Å²) in [6.45, 7) is 3.12. The molecule has 1 aromatic heterocycles. The molecule has 2 heterocycles. The standard InChI is InChI=1S/C15H16N2O3/c1-10(18)17-14(19)12-8-16(9-13(12)15(17)20)7-11-5-3-2-4-6-11/h2-6,19-20H,7-9H2,1H3. The number of aromatic nitrogens is 1. The number of carbonyl (C=O) groups is 1. The van der Waals surface area contributed by atoms with Gasteiger partial charge in [0.05, 0.1) is 0 Å². The zero-order valence-corrected chi connectivity index (χ0v) is 11.2. The van der Waals surface area contributed by atoms with Gasteiger partial charge in [-0.05, 0) is 5.56 Å². The lowest BCUT2D eigenvalue weighted by atomic mass is 10.2. The Morgan fingerprint density at radius 2 is 1.65 bits per heavy atom. The van der Waals surface area contributed by atoms with Crippen molar-refractivity contribution in [2.45, 2.75) is 26.6 Å². The van der Waals surface area contributed by atoms with Crippen LogP contribution in [0.1, 0.15) is 28.4 Å². The second kappa shape index (κ2) is 4.68. The van der Waals surface area contributed by atoms with Crippen molar-refractivity contribution in [3.8, 4) is 11.8 Å². The molecule has 0 spiro atoms. The average Bonchev–Trinajstić information content (AvgIpc) is 2.91. The van der Waals surface area contributed by atoms with E-state index in [1.165, 1.54) is 12.5 Å². The summed E-state index contributed by atoms with van der Waals surface area (Å²) >= 11 is 0. The Labute approximate surface area is 116 Å². The molecule has 0 saturated carbocycles. The fraction of sp³-hybridized carbons (Fsp3) is 0.267. The Morgan fingerprint density at radius 3 is 2.15 bits per heavy atom. The van der Waals surface area contributed by atoms with E-state index in [9.17, 15) is 15.0 Å². The predicted octanol–water partition coefficient (Wildman–Crippen LogP) is 2.08. The lowest BCUT2D eigenvalue weighted by Crippen LogP contribution is -2.17. The Morgan fingerprint density at radius 1 is 1.10 bits per heavy atom. The zero-order chi connectivity index (χ0) is 14.3. The predicted molar refractivity (Wildman–Crippen MR) is 73.5 cm³/mol. The molecule has 3 rings (SSSR count). The van der Waals surface area contributed by atoms with Gasteiger partial charge in [-0.2, -0.15) is 0 Å². The van der Waals surface area contributed by atoms with Crippen LogP contribution in [-0.2, 0) is 19.6 Å². The van der Waals surface area contributed by atoms with Crippen LogP contribution >= 0.6 is 0 Å². The summed E-state index contributed by atoms with van der Waals surface area (Å²) < 4.78 is 0.963. The molecule has 0 atom stereocenters. The minimum atomic E-state index is -0.385. The molecule has 0 radical (unpaired) electrons. The number of benzene rings is 1. The minimum Gasteiger partial charge on any atom is -0.494 e. The van der Waals surface area contributed by atoms with Gasteiger partial charge in [-0.25, -0.2) is 4.57 Å². The molecule has 5 nitrogen and oxygen atoms in total. The molecule has 2 N–H and O–H groups in total. The van der Waals surface area contributed by atoms with Gasteiger partial charge in [-0.1, -0.05) is 30.3 Å². The molecule has 0 aliphatic carbocycles. The maximum atomic E-state index is 11.4. The van der Waals surface area contributed by atoms with Crippen LogP contribution in [0.4, 0.5) is 0 Å². The van der Waals surface area contributed by atoms with E-state index in [2.05, 4.69) is 4.90 Å². The summed E-state index contributed by atoms with van der Waals surface area (Å²) in [6.07, 6.45) is 0. The Balaban J connectivity index is 1.84. The number of hydrogen-bond donors (Lipinski definition) is 2. The molecule has 0 saturated heterocycles. The van der Waals surface area contributed by atoms with Crippen molar-refractivity contribution in [1.29, 1.82) is 0 Å². The Bertz CT molecular complexity index is 632. The van der Waals surface area contributed by atoms with Gasteiger partial charge in [0, 0.05) is 37.7 Å². The van der Waals surface area contributed by atoms with E-state index in [0.29, 0.717) is 24.2 Å². The molecular formula is C15H16N2O3. The number of carbonyl (C=O) groups excluding carboxylic acids is 1. The molecule has 1 aromatic carbocycles. The van der Waals surface area contributed by atoms with Gasteiger partial charge in [0.1, 0.15) is 0 Å². The first-order valence-corrected chi connectivity index (χ1v) is 6.49. The number of aromatic hydroxyl groups is 2. The van der Waals surface area contributed by atoms with E-state index in [1.54, 1.807) is 0 Å². The molecule has 0 fully saturated rings. The third-order valence-corrected chi connectivity index (χ3v) is 3.66. The Hall–Kier alpha value is -2.27. The highest BCUT2D eigenvalue weighted by Gasteiger charge is 2.31. The van der Waals surface area contributed by atoms with E-state index in [0.717, 1.165) is 11.1 Å². The molecule has 1 aliphatic rings. The van der Waals surface area contributed by atoms with Gasteiger partial charge in [0.25, 0.3) is 0 Å². The maximum Gasteiger partial charge on any atom is 0.233 e. The topological polar surface area (TPSA) is 65.7 Å². The van der Waals surface area contributed by atoms with E-state index < -0.39 is 0 Å². The van der Waals surface area contributed by atoms with Crippen LogP contribution in [0.5, 0.6) is 11.8 Å². The molecule has 104 valence electrons. The average molecular weight is 272 g/mol. The van der Waals surface area contributed by atoms with Crippen LogP contribution in [0.3, 0.4) is 0 Å². The van der Waals surface area contributed by atoms with Crippen molar-refractivity contribution in [3.05, 3.63) is 47.0 Å². The first kappa shape index (κ1) is 12.7. The molecule has 0 bridgehead atoms. The SMILES string of the molecule is CC(=O)n1c(O)c2c(c1O)CN(Cc1ccccc1)C2. The third kappa shape index (κ3) is 1.96. The van der Waals surface area contributed by atoms with Crippen molar-refractivity contribution >= 4 is 5.91 Å². The number of fused-ring (bicyclic) bond motifs is 1. The summed E-state index contributed by atoms with van der Waals surface area (Å²) in [5.74, 6) is -0.662. The van der Waals surface area contributed by atoms with Crippen molar-refractivity contribution in [2.75, 3.05) is 0 Å². The van der Waals surface area contributed by atoms with Crippen LogP contribution < -0.4 is 0 Å². The summed E-state index contributed by atoms with van der Waals surface area (Å²) in [5.41, 5.74) is 2.47. The van der Waals surface area contributed by atoms with E-state index in [4.69, 9.17) is 0 Å². The van der Waals surface area contributed by atoms with Crippen LogP contribution in [-0.4, -0.2) is 25.6 Å². The number of rotatable bonds is 2. The van der Waals surface area contributed by atoms with Crippen LogP contribution in [0, 0.1) is 0 Å². The first-order valence-electron chi connectivity index (χ1n) is 6.49. The van der Waals surface area contributed by atoms with E-state index in [-0.39, 0.29) is 17.7 Å². The summed E-state index contributed by atoms with van der Waals surface area (Å²) in [7, 11) is 0. The minimum absolute atomic E-state index is 0.138. The highest BCUT2D eigenvalue weighted by Crippen LogP contribution is 2.40. The first-order chi connectivity index (χ1) is 9.58. The van der Waals surface area contributed by atoms with Gasteiger partial charge < -0.3 is 10.2 Å². The van der Waals surface area contributed by atoms with E-state index >= 15 is 0 Å². The fourth-order valence-corrected chi connectivity index (χ4v) is 2.73. The quantitative estimate of drug-likeness (QED) is 0.878. The molecule has 5 heteroatoms. The van der Waals surface area contributed by atoms with Crippen LogP contribution in [0.2, 0.25) is 0 Å². The van der Waals surface area contributed by atoms with Gasteiger partial charge in [-0.15, -0.1) is 0 Å². The fourth-order valence-electron chi connectivity index (χ4n) is 2.73. The van der Waals surface area contributed by atoms with Crippen molar-refractivity contribution in [1.82, 2.24) is 9.47 Å². The van der Waals surface area contributed by atoms with Crippen molar-refractivity contribution in [2.24, 2.45) is 0 Å². The smallest absolute Gasteiger partial charge is 0.233 e. The largest absolute Gasteiger partial charge is 0.494 e. The van der Waals surface area contributed by atoms with E-state index in [1.807, 2.05) is 30.3 Å². The summed E-state index contributed by atoms with van der Waals surface area (Å²) in [6, 6.07) is 10.0. The molecule has 0 unspecified atom stereocenters. The zero-order valence-electron chi connectivity index (χ0n) is 11.2. The highest BCUT2D eigenvalue weighted by molar-refractivity contribution is 5.81.